The van der Waals surface area contributed by atoms with E-state index in [-0.39, 0.29) is 17.9 Å². The first-order chi connectivity index (χ1) is 10.6. The highest BCUT2D eigenvalue weighted by Crippen LogP contribution is 2.36. The van der Waals surface area contributed by atoms with Gasteiger partial charge in [-0.1, -0.05) is 74.5 Å². The van der Waals surface area contributed by atoms with Crippen LogP contribution in [0.25, 0.3) is 0 Å². The molecule has 1 fully saturated rings. The lowest BCUT2D eigenvalue weighted by Crippen LogP contribution is -3.12. The minimum atomic E-state index is -0.279. The summed E-state index contributed by atoms with van der Waals surface area (Å²) < 4.78 is 0. The summed E-state index contributed by atoms with van der Waals surface area (Å²) in [5.74, 6) is 0.495. The molecule has 0 saturated carbocycles. The third kappa shape index (κ3) is 2.57. The van der Waals surface area contributed by atoms with Crippen molar-refractivity contribution >= 4 is 0 Å². The van der Waals surface area contributed by atoms with Gasteiger partial charge in [0.15, 0.2) is 0 Å². The molecular formula is C20H26NO+. The first-order valence-electron chi connectivity index (χ1n) is 8.22. The van der Waals surface area contributed by atoms with Crippen molar-refractivity contribution in [1.82, 2.24) is 0 Å². The van der Waals surface area contributed by atoms with Gasteiger partial charge in [0.1, 0.15) is 12.1 Å². The van der Waals surface area contributed by atoms with Gasteiger partial charge in [0, 0.05) is 23.0 Å². The van der Waals surface area contributed by atoms with Gasteiger partial charge in [0.05, 0.1) is 13.2 Å². The third-order valence-corrected chi connectivity index (χ3v) is 5.43. The van der Waals surface area contributed by atoms with Crippen molar-refractivity contribution in [2.75, 3.05) is 7.05 Å². The predicted molar refractivity (Wildman–Crippen MR) is 89.6 cm³/mol. The van der Waals surface area contributed by atoms with E-state index in [4.69, 9.17) is 0 Å². The second-order valence-electron chi connectivity index (χ2n) is 6.73. The molecule has 0 spiro atoms. The van der Waals surface area contributed by atoms with Crippen LogP contribution in [-0.2, 0) is 0 Å². The second-order valence-corrected chi connectivity index (χ2v) is 6.73. The zero-order chi connectivity index (χ0) is 15.7. The molecule has 2 aromatic carbocycles. The zero-order valence-corrected chi connectivity index (χ0v) is 13.6. The van der Waals surface area contributed by atoms with Crippen LogP contribution in [0.2, 0.25) is 0 Å². The van der Waals surface area contributed by atoms with E-state index in [9.17, 15) is 5.11 Å². The summed E-state index contributed by atoms with van der Waals surface area (Å²) in [6, 6.07) is 21.9. The van der Waals surface area contributed by atoms with Crippen LogP contribution in [0.3, 0.4) is 0 Å². The third-order valence-electron chi connectivity index (χ3n) is 5.43. The van der Waals surface area contributed by atoms with Gasteiger partial charge >= 0.3 is 0 Å². The predicted octanol–water partition coefficient (Wildman–Crippen LogP) is 2.63. The van der Waals surface area contributed by atoms with E-state index < -0.39 is 0 Å². The molecule has 1 heterocycles. The van der Waals surface area contributed by atoms with Crippen molar-refractivity contribution in [2.24, 2.45) is 11.8 Å². The fourth-order valence-electron chi connectivity index (χ4n) is 4.35. The monoisotopic (exact) mass is 296 g/mol. The Morgan fingerprint density at radius 3 is 1.45 bits per heavy atom. The van der Waals surface area contributed by atoms with Crippen molar-refractivity contribution in [2.45, 2.75) is 32.0 Å². The molecule has 3 rings (SSSR count). The van der Waals surface area contributed by atoms with Crippen molar-refractivity contribution in [1.29, 1.82) is 0 Å². The quantitative estimate of drug-likeness (QED) is 0.875. The number of likely N-dealkylation sites (tertiary alicyclic amines) is 1. The SMILES string of the molecule is C[C@@H]1C(O)[C@@H](C)[C@H](c2ccccc2)[NH+](C)[C@@H]1c1ccccc1. The van der Waals surface area contributed by atoms with Crippen LogP contribution in [0.15, 0.2) is 60.7 Å². The molecule has 6 atom stereocenters. The van der Waals surface area contributed by atoms with Crippen LogP contribution in [0.5, 0.6) is 0 Å². The lowest BCUT2D eigenvalue weighted by Gasteiger charge is -2.47. The molecule has 0 aliphatic carbocycles. The number of aliphatic hydroxyl groups is 1. The Morgan fingerprint density at radius 2 is 1.09 bits per heavy atom. The number of piperidine rings is 1. The number of quaternary nitrogens is 1. The Balaban J connectivity index is 2.01. The molecule has 116 valence electrons. The Morgan fingerprint density at radius 1 is 0.727 bits per heavy atom. The highest BCUT2D eigenvalue weighted by Gasteiger charge is 2.47. The van der Waals surface area contributed by atoms with Crippen LogP contribution >= 0.6 is 0 Å². The molecular weight excluding hydrogens is 270 g/mol. The van der Waals surface area contributed by atoms with E-state index >= 15 is 0 Å². The average Bonchev–Trinajstić information content (AvgIpc) is 2.55. The Bertz CT molecular complexity index is 544. The first-order valence-corrected chi connectivity index (χ1v) is 8.22. The van der Waals surface area contributed by atoms with Crippen LogP contribution < -0.4 is 4.90 Å². The fraction of sp³-hybridized carbons (Fsp3) is 0.400. The maximum absolute atomic E-state index is 10.8. The molecule has 22 heavy (non-hydrogen) atoms. The molecule has 1 aliphatic heterocycles. The Labute approximate surface area is 133 Å². The van der Waals surface area contributed by atoms with Gasteiger partial charge in [-0.2, -0.15) is 0 Å². The molecule has 2 unspecified atom stereocenters. The van der Waals surface area contributed by atoms with Crippen molar-refractivity contribution < 1.29 is 10.0 Å². The largest absolute Gasteiger partial charge is 0.392 e. The number of benzene rings is 2. The summed E-state index contributed by atoms with van der Waals surface area (Å²) in [4.78, 5) is 1.47. The molecule has 2 aromatic rings. The van der Waals surface area contributed by atoms with Gasteiger partial charge in [0.25, 0.3) is 0 Å². The smallest absolute Gasteiger partial charge is 0.118 e. The number of aliphatic hydroxyl groups excluding tert-OH is 1. The van der Waals surface area contributed by atoms with Crippen molar-refractivity contribution in [3.05, 3.63) is 71.8 Å². The summed E-state index contributed by atoms with van der Waals surface area (Å²) in [6.07, 6.45) is -0.279. The molecule has 0 radical (unpaired) electrons. The second kappa shape index (κ2) is 6.23. The van der Waals surface area contributed by atoms with E-state index in [1.54, 1.807) is 0 Å². The van der Waals surface area contributed by atoms with Crippen LogP contribution in [0.4, 0.5) is 0 Å². The first kappa shape index (κ1) is 15.3. The van der Waals surface area contributed by atoms with Crippen molar-refractivity contribution in [3.8, 4) is 0 Å². The zero-order valence-electron chi connectivity index (χ0n) is 13.6. The average molecular weight is 296 g/mol. The topological polar surface area (TPSA) is 24.7 Å². The Kier molecular flexibility index (Phi) is 4.32. The summed E-state index contributed by atoms with van der Waals surface area (Å²) in [7, 11) is 2.27. The van der Waals surface area contributed by atoms with E-state index in [2.05, 4.69) is 81.6 Å². The van der Waals surface area contributed by atoms with Gasteiger partial charge in [-0.3, -0.25) is 0 Å². The summed E-state index contributed by atoms with van der Waals surface area (Å²) in [6.45, 7) is 4.37. The van der Waals surface area contributed by atoms with E-state index in [1.165, 1.54) is 16.0 Å². The Hall–Kier alpha value is -1.64. The summed E-state index contributed by atoms with van der Waals surface area (Å²) in [5, 5.41) is 10.8. The van der Waals surface area contributed by atoms with Crippen LogP contribution in [-0.4, -0.2) is 18.3 Å². The lowest BCUT2D eigenvalue weighted by atomic mass is 9.74. The van der Waals surface area contributed by atoms with Gasteiger partial charge in [0.2, 0.25) is 0 Å². The molecule has 0 bridgehead atoms. The lowest BCUT2D eigenvalue weighted by molar-refractivity contribution is -0.959. The summed E-state index contributed by atoms with van der Waals surface area (Å²) >= 11 is 0. The van der Waals surface area contributed by atoms with Gasteiger partial charge < -0.3 is 10.0 Å². The van der Waals surface area contributed by atoms with Crippen LogP contribution in [0.1, 0.15) is 37.1 Å². The molecule has 2 N–H and O–H groups in total. The molecule has 1 saturated heterocycles. The van der Waals surface area contributed by atoms with E-state index in [0.717, 1.165) is 0 Å². The highest BCUT2D eigenvalue weighted by atomic mass is 16.3. The number of nitrogens with one attached hydrogen (secondary N) is 1. The fourth-order valence-corrected chi connectivity index (χ4v) is 4.35. The molecule has 0 amide bonds. The number of rotatable bonds is 2. The number of hydrogen-bond acceptors (Lipinski definition) is 1. The van der Waals surface area contributed by atoms with Gasteiger partial charge in [-0.05, 0) is 0 Å². The van der Waals surface area contributed by atoms with E-state index in [0.29, 0.717) is 12.1 Å². The standard InChI is InChI=1S/C20H25NO/c1-14-18(16-10-6-4-7-11-16)21(3)19(15(2)20(14)22)17-12-8-5-9-13-17/h4-15,18-20,22H,1-3H3/p+1/t14-,15-,18-,19+,20?/m0/s1. The minimum Gasteiger partial charge on any atom is -0.392 e. The molecule has 2 nitrogen and oxygen atoms in total. The number of hydrogen-bond donors (Lipinski definition) is 2. The molecule has 0 aromatic heterocycles. The summed E-state index contributed by atoms with van der Waals surface area (Å²) in [5.41, 5.74) is 2.64. The minimum absolute atomic E-state index is 0.248. The normalized spacial score (nSPS) is 35.3. The maximum Gasteiger partial charge on any atom is 0.118 e. The van der Waals surface area contributed by atoms with Crippen LogP contribution in [0, 0.1) is 11.8 Å². The van der Waals surface area contributed by atoms with Gasteiger partial charge in [-0.25, -0.2) is 0 Å². The maximum atomic E-state index is 10.8. The van der Waals surface area contributed by atoms with E-state index in [1.807, 2.05) is 0 Å². The van der Waals surface area contributed by atoms with Crippen molar-refractivity contribution in [3.63, 3.8) is 0 Å². The molecule has 1 aliphatic rings. The molecule has 2 heteroatoms. The van der Waals surface area contributed by atoms with Gasteiger partial charge in [-0.15, -0.1) is 0 Å². The highest BCUT2D eigenvalue weighted by molar-refractivity contribution is 5.22.